The van der Waals surface area contributed by atoms with E-state index in [1.807, 2.05) is 30.3 Å². The second-order valence-corrected chi connectivity index (χ2v) is 6.68. The molecule has 5 nitrogen and oxygen atoms in total. The Morgan fingerprint density at radius 1 is 0.778 bits per heavy atom. The Hall–Kier alpha value is -3.18. The van der Waals surface area contributed by atoms with Crippen molar-refractivity contribution in [2.45, 2.75) is 13.1 Å². The van der Waals surface area contributed by atoms with E-state index in [2.05, 4.69) is 4.98 Å². The third-order valence-corrected chi connectivity index (χ3v) is 4.68. The molecule has 0 N–H and O–H groups in total. The summed E-state index contributed by atoms with van der Waals surface area (Å²) in [6.07, 6.45) is 1.56. The molecular weight excluding hydrogens is 362 g/mol. The average molecular weight is 378 g/mol. The van der Waals surface area contributed by atoms with Crippen molar-refractivity contribution in [3.8, 4) is 0 Å². The number of rotatable bonds is 4. The fraction of sp³-hybridized carbons (Fsp3) is 0.0952. The third kappa shape index (κ3) is 3.41. The molecule has 4 aromatic rings. The molecule has 2 heterocycles. The van der Waals surface area contributed by atoms with E-state index in [0.717, 1.165) is 11.1 Å². The van der Waals surface area contributed by atoms with Gasteiger partial charge in [0.2, 0.25) is 0 Å². The molecule has 134 valence electrons. The molecule has 0 fully saturated rings. The lowest BCUT2D eigenvalue weighted by atomic mass is 10.2. The zero-order chi connectivity index (χ0) is 18.8. The molecule has 0 atom stereocenters. The average Bonchev–Trinajstić information content (AvgIpc) is 2.71. The van der Waals surface area contributed by atoms with E-state index in [9.17, 15) is 9.59 Å². The van der Waals surface area contributed by atoms with Gasteiger partial charge in [-0.15, -0.1) is 0 Å². The van der Waals surface area contributed by atoms with E-state index in [-0.39, 0.29) is 17.8 Å². The number of halogens is 1. The number of benzene rings is 2. The lowest BCUT2D eigenvalue weighted by molar-refractivity contribution is 0.633. The van der Waals surface area contributed by atoms with Gasteiger partial charge in [-0.25, -0.2) is 9.78 Å². The van der Waals surface area contributed by atoms with E-state index in [1.54, 1.807) is 47.2 Å². The van der Waals surface area contributed by atoms with E-state index >= 15 is 0 Å². The Balaban J connectivity index is 1.90. The zero-order valence-corrected chi connectivity index (χ0v) is 15.1. The van der Waals surface area contributed by atoms with Gasteiger partial charge in [0.05, 0.1) is 18.6 Å². The molecule has 2 aromatic heterocycles. The van der Waals surface area contributed by atoms with Gasteiger partial charge in [-0.1, -0.05) is 54.1 Å². The Labute approximate surface area is 160 Å². The normalized spacial score (nSPS) is 11.0. The van der Waals surface area contributed by atoms with Gasteiger partial charge in [0.15, 0.2) is 5.52 Å². The number of fused-ring (bicyclic) bond motifs is 1. The highest BCUT2D eigenvalue weighted by Crippen LogP contribution is 2.11. The van der Waals surface area contributed by atoms with Crippen molar-refractivity contribution in [3.63, 3.8) is 0 Å². The van der Waals surface area contributed by atoms with Crippen LogP contribution in [0.25, 0.3) is 11.0 Å². The summed E-state index contributed by atoms with van der Waals surface area (Å²) in [4.78, 5) is 30.3. The summed E-state index contributed by atoms with van der Waals surface area (Å²) in [6, 6.07) is 20.2. The van der Waals surface area contributed by atoms with Gasteiger partial charge < -0.3 is 0 Å². The minimum Gasteiger partial charge on any atom is -0.287 e. The molecule has 0 saturated carbocycles. The van der Waals surface area contributed by atoms with E-state index in [1.165, 1.54) is 4.57 Å². The summed E-state index contributed by atoms with van der Waals surface area (Å²) < 4.78 is 2.82. The molecule has 0 unspecified atom stereocenters. The summed E-state index contributed by atoms with van der Waals surface area (Å²) in [5, 5.41) is 0.604. The molecule has 6 heteroatoms. The number of pyridine rings is 1. The van der Waals surface area contributed by atoms with Gasteiger partial charge in [0.1, 0.15) is 0 Å². The molecule has 0 aliphatic heterocycles. The largest absolute Gasteiger partial charge is 0.332 e. The van der Waals surface area contributed by atoms with Gasteiger partial charge >= 0.3 is 5.69 Å². The molecule has 0 amide bonds. The Kier molecular flexibility index (Phi) is 4.60. The number of nitrogens with zero attached hydrogens (tertiary/aromatic N) is 3. The minimum absolute atomic E-state index is 0.163. The van der Waals surface area contributed by atoms with Crippen molar-refractivity contribution in [1.29, 1.82) is 0 Å². The predicted octanol–water partition coefficient (Wildman–Crippen LogP) is 3.31. The van der Waals surface area contributed by atoms with Gasteiger partial charge in [0.25, 0.3) is 5.56 Å². The number of hydrogen-bond acceptors (Lipinski definition) is 3. The van der Waals surface area contributed by atoms with E-state index in [4.69, 9.17) is 11.6 Å². The molecule has 0 radical (unpaired) electrons. The van der Waals surface area contributed by atoms with Crippen LogP contribution in [0.4, 0.5) is 0 Å². The van der Waals surface area contributed by atoms with Crippen LogP contribution in [-0.2, 0) is 13.1 Å². The van der Waals surface area contributed by atoms with Gasteiger partial charge in [-0.2, -0.15) is 0 Å². The smallest absolute Gasteiger partial charge is 0.287 e. The lowest BCUT2D eigenvalue weighted by Gasteiger charge is -2.14. The van der Waals surface area contributed by atoms with Crippen LogP contribution in [0, 0.1) is 0 Å². The molecule has 27 heavy (non-hydrogen) atoms. The fourth-order valence-electron chi connectivity index (χ4n) is 3.07. The molecule has 0 bridgehead atoms. The molecule has 2 aromatic carbocycles. The quantitative estimate of drug-likeness (QED) is 0.548. The van der Waals surface area contributed by atoms with Crippen LogP contribution < -0.4 is 11.2 Å². The molecular formula is C21H16ClN3O2. The summed E-state index contributed by atoms with van der Waals surface area (Å²) >= 11 is 5.93. The van der Waals surface area contributed by atoms with Crippen LogP contribution in [0.2, 0.25) is 5.02 Å². The van der Waals surface area contributed by atoms with Crippen molar-refractivity contribution in [1.82, 2.24) is 14.1 Å². The highest BCUT2D eigenvalue weighted by atomic mass is 35.5. The maximum Gasteiger partial charge on any atom is 0.332 e. The van der Waals surface area contributed by atoms with Crippen LogP contribution >= 0.6 is 11.6 Å². The maximum atomic E-state index is 13.2. The summed E-state index contributed by atoms with van der Waals surface area (Å²) in [5.74, 6) is 0. The van der Waals surface area contributed by atoms with Crippen LogP contribution in [0.5, 0.6) is 0 Å². The topological polar surface area (TPSA) is 56.9 Å². The first kappa shape index (κ1) is 17.2. The number of aromatic nitrogens is 3. The van der Waals surface area contributed by atoms with Crippen LogP contribution in [-0.4, -0.2) is 14.1 Å². The first-order valence-corrected chi connectivity index (χ1v) is 8.88. The second-order valence-electron chi connectivity index (χ2n) is 6.24. The zero-order valence-electron chi connectivity index (χ0n) is 14.4. The van der Waals surface area contributed by atoms with E-state index < -0.39 is 5.56 Å². The lowest BCUT2D eigenvalue weighted by Crippen LogP contribution is -2.40. The number of hydrogen-bond donors (Lipinski definition) is 0. The van der Waals surface area contributed by atoms with Crippen molar-refractivity contribution < 1.29 is 0 Å². The van der Waals surface area contributed by atoms with Crippen molar-refractivity contribution in [2.75, 3.05) is 0 Å². The summed E-state index contributed by atoms with van der Waals surface area (Å²) in [7, 11) is 0. The van der Waals surface area contributed by atoms with Gasteiger partial charge in [-0.3, -0.25) is 13.9 Å². The highest BCUT2D eigenvalue weighted by Gasteiger charge is 2.14. The molecule has 0 aliphatic rings. The third-order valence-electron chi connectivity index (χ3n) is 4.42. The fourth-order valence-corrected chi connectivity index (χ4v) is 3.20. The molecule has 4 rings (SSSR count). The monoisotopic (exact) mass is 377 g/mol. The van der Waals surface area contributed by atoms with Crippen molar-refractivity contribution in [3.05, 3.63) is 110 Å². The molecule has 0 saturated heterocycles. The predicted molar refractivity (Wildman–Crippen MR) is 106 cm³/mol. The minimum atomic E-state index is -0.394. The van der Waals surface area contributed by atoms with Crippen molar-refractivity contribution in [2.24, 2.45) is 0 Å². The maximum absolute atomic E-state index is 13.2. The second kappa shape index (κ2) is 7.21. The first-order chi connectivity index (χ1) is 13.1. The van der Waals surface area contributed by atoms with Crippen LogP contribution in [0.1, 0.15) is 11.1 Å². The van der Waals surface area contributed by atoms with Crippen LogP contribution in [0.3, 0.4) is 0 Å². The molecule has 0 aliphatic carbocycles. The summed E-state index contributed by atoms with van der Waals surface area (Å²) in [5.41, 5.74) is 1.85. The highest BCUT2D eigenvalue weighted by molar-refractivity contribution is 6.30. The summed E-state index contributed by atoms with van der Waals surface area (Å²) in [6.45, 7) is 0.527. The standard InChI is InChI=1S/C21H16ClN3O2/c22-17-10-8-16(9-11-17)14-25-20(26)19-18(7-4-12-23-19)24(21(25)27)13-15-5-2-1-3-6-15/h1-12H,13-14H2. The van der Waals surface area contributed by atoms with Gasteiger partial charge in [0, 0.05) is 11.2 Å². The van der Waals surface area contributed by atoms with E-state index in [0.29, 0.717) is 17.1 Å². The van der Waals surface area contributed by atoms with Gasteiger partial charge in [-0.05, 0) is 35.4 Å². The van der Waals surface area contributed by atoms with Crippen molar-refractivity contribution >= 4 is 22.6 Å². The Bertz CT molecular complexity index is 1210. The van der Waals surface area contributed by atoms with Crippen LogP contribution in [0.15, 0.2) is 82.5 Å². The SMILES string of the molecule is O=c1c2ncccc2n(Cc2ccccc2)c(=O)n1Cc1ccc(Cl)cc1. The molecule has 0 spiro atoms. The Morgan fingerprint density at radius 3 is 2.19 bits per heavy atom. The first-order valence-electron chi connectivity index (χ1n) is 8.50. The Morgan fingerprint density at radius 2 is 1.44 bits per heavy atom.